The average molecular weight is 475 g/mol. The van der Waals surface area contributed by atoms with E-state index in [9.17, 15) is 18.0 Å². The quantitative estimate of drug-likeness (QED) is 0.287. The topological polar surface area (TPSA) is 105 Å². The maximum absolute atomic E-state index is 12.9. The molecule has 176 valence electrons. The van der Waals surface area contributed by atoms with Crippen molar-refractivity contribution in [1.82, 2.24) is 0 Å². The third-order valence-corrected chi connectivity index (χ3v) is 5.90. The Morgan fingerprint density at radius 3 is 1.27 bits per heavy atom. The Balaban J connectivity index is 2.05. The molecule has 9 heteroatoms. The Kier molecular flexibility index (Phi) is 8.42. The van der Waals surface area contributed by atoms with Crippen molar-refractivity contribution in [2.24, 2.45) is 0 Å². The molecule has 0 N–H and O–H groups in total. The lowest BCUT2D eigenvalue weighted by molar-refractivity contribution is -0.157. The first-order valence-corrected chi connectivity index (χ1v) is 11.4. The molecule has 0 aliphatic rings. The molecule has 2 atom stereocenters. The van der Waals surface area contributed by atoms with Gasteiger partial charge in [0.1, 0.15) is 11.5 Å². The van der Waals surface area contributed by atoms with Crippen LogP contribution in [0.3, 0.4) is 0 Å². The van der Waals surface area contributed by atoms with Crippen LogP contribution in [-0.4, -0.2) is 32.9 Å². The summed E-state index contributed by atoms with van der Waals surface area (Å²) in [7, 11) is -3.79. The average Bonchev–Trinajstić information content (AvgIpc) is 2.74. The van der Waals surface area contributed by atoms with Crippen molar-refractivity contribution >= 4 is 21.8 Å². The van der Waals surface area contributed by atoms with Gasteiger partial charge in [-0.25, -0.2) is 18.0 Å². The normalized spacial score (nSPS) is 12.7. The van der Waals surface area contributed by atoms with Gasteiger partial charge < -0.3 is 18.9 Å². The van der Waals surface area contributed by atoms with E-state index >= 15 is 0 Å². The molecule has 0 amide bonds. The summed E-state index contributed by atoms with van der Waals surface area (Å²) >= 11 is 0. The lowest BCUT2D eigenvalue weighted by Crippen LogP contribution is -2.21. The fourth-order valence-electron chi connectivity index (χ4n) is 2.46. The van der Waals surface area contributed by atoms with Gasteiger partial charge in [0.25, 0.3) is 0 Å². The molecule has 2 aromatic carbocycles. The van der Waals surface area contributed by atoms with Crippen LogP contribution in [0.25, 0.3) is 0 Å². The highest BCUT2D eigenvalue weighted by molar-refractivity contribution is 7.91. The zero-order chi connectivity index (χ0) is 24.8. The number of hydrogen-bond acceptors (Lipinski definition) is 8. The fraction of sp³-hybridized carbons (Fsp3) is 0.250. The second-order valence-electron chi connectivity index (χ2n) is 7.19. The Morgan fingerprint density at radius 1 is 0.697 bits per heavy atom. The maximum Gasteiger partial charge on any atom is 0.336 e. The first kappa shape index (κ1) is 25.7. The lowest BCUT2D eigenvalue weighted by atomic mass is 10.3. The molecule has 0 aliphatic carbocycles. The number of hydrogen-bond donors (Lipinski definition) is 0. The molecule has 0 radical (unpaired) electrons. The standard InChI is InChI=1S/C24H26O8S/c1-15(2)23(25)31-17(5)29-19-7-11-21(12-8-19)33(27,28)22-13-9-20(10-14-22)30-18(6)32-24(26)16(3)4/h7-14,17-18H,1,3H2,2,4-6H3. The van der Waals surface area contributed by atoms with E-state index in [0.29, 0.717) is 11.5 Å². The molecule has 0 aliphatic heterocycles. The van der Waals surface area contributed by atoms with E-state index in [2.05, 4.69) is 13.2 Å². The Bertz CT molecular complexity index is 1050. The summed E-state index contributed by atoms with van der Waals surface area (Å²) in [6.07, 6.45) is -1.75. The molecule has 2 rings (SSSR count). The lowest BCUT2D eigenvalue weighted by Gasteiger charge is -2.16. The first-order valence-electron chi connectivity index (χ1n) is 9.91. The summed E-state index contributed by atoms with van der Waals surface area (Å²) in [4.78, 5) is 23.2. The van der Waals surface area contributed by atoms with E-state index in [4.69, 9.17) is 18.9 Å². The van der Waals surface area contributed by atoms with Gasteiger partial charge in [0.2, 0.25) is 22.4 Å². The molecule has 0 saturated carbocycles. The molecular formula is C24H26O8S. The highest BCUT2D eigenvalue weighted by atomic mass is 32.2. The monoisotopic (exact) mass is 474 g/mol. The van der Waals surface area contributed by atoms with Crippen molar-refractivity contribution in [1.29, 1.82) is 0 Å². The highest BCUT2D eigenvalue weighted by Gasteiger charge is 2.19. The SMILES string of the molecule is C=C(C)C(=O)OC(C)Oc1ccc(S(=O)(=O)c2ccc(OC(C)OC(=O)C(=C)C)cc2)cc1. The summed E-state index contributed by atoms with van der Waals surface area (Å²) < 4.78 is 46.8. The van der Waals surface area contributed by atoms with Gasteiger partial charge in [-0.2, -0.15) is 0 Å². The van der Waals surface area contributed by atoms with Crippen LogP contribution in [0.5, 0.6) is 11.5 Å². The smallest absolute Gasteiger partial charge is 0.336 e. The van der Waals surface area contributed by atoms with Crippen LogP contribution in [0.15, 0.2) is 82.6 Å². The van der Waals surface area contributed by atoms with E-state index in [1.165, 1.54) is 76.2 Å². The first-order chi connectivity index (χ1) is 15.4. The minimum atomic E-state index is -3.79. The summed E-state index contributed by atoms with van der Waals surface area (Å²) in [5, 5.41) is 0. The van der Waals surface area contributed by atoms with Gasteiger partial charge in [-0.3, -0.25) is 0 Å². The number of benzene rings is 2. The minimum Gasteiger partial charge on any atom is -0.455 e. The van der Waals surface area contributed by atoms with Gasteiger partial charge in [-0.05, 0) is 62.4 Å². The van der Waals surface area contributed by atoms with Crippen molar-refractivity contribution in [2.45, 2.75) is 50.1 Å². The van der Waals surface area contributed by atoms with Crippen molar-refractivity contribution in [3.63, 3.8) is 0 Å². The zero-order valence-corrected chi connectivity index (χ0v) is 19.7. The molecule has 33 heavy (non-hydrogen) atoms. The molecule has 0 bridgehead atoms. The molecule has 0 aromatic heterocycles. The van der Waals surface area contributed by atoms with Crippen molar-refractivity contribution < 1.29 is 37.0 Å². The predicted molar refractivity (Wildman–Crippen MR) is 120 cm³/mol. The summed E-state index contributed by atoms with van der Waals surface area (Å²) in [5.74, 6) is -0.508. The van der Waals surface area contributed by atoms with Gasteiger partial charge in [0.15, 0.2) is 0 Å². The molecule has 2 aromatic rings. The predicted octanol–water partition coefficient (Wildman–Crippen LogP) is 4.21. The molecule has 8 nitrogen and oxygen atoms in total. The van der Waals surface area contributed by atoms with Crippen LogP contribution in [0.1, 0.15) is 27.7 Å². The molecule has 2 unspecified atom stereocenters. The molecular weight excluding hydrogens is 448 g/mol. The second kappa shape index (κ2) is 10.8. The summed E-state index contributed by atoms with van der Waals surface area (Å²) in [5.41, 5.74) is 0.483. The molecule has 0 saturated heterocycles. The van der Waals surface area contributed by atoms with E-state index in [1.807, 2.05) is 0 Å². The van der Waals surface area contributed by atoms with Crippen molar-refractivity contribution in [3.05, 3.63) is 72.8 Å². The van der Waals surface area contributed by atoms with Crippen LogP contribution >= 0.6 is 0 Å². The maximum atomic E-state index is 12.9. The van der Waals surface area contributed by atoms with E-state index in [1.54, 1.807) is 0 Å². The van der Waals surface area contributed by atoms with Crippen LogP contribution in [0, 0.1) is 0 Å². The van der Waals surface area contributed by atoms with Gasteiger partial charge in [-0.1, -0.05) is 13.2 Å². The fourth-order valence-corrected chi connectivity index (χ4v) is 3.73. The van der Waals surface area contributed by atoms with Crippen molar-refractivity contribution in [2.75, 3.05) is 0 Å². The van der Waals surface area contributed by atoms with Crippen LogP contribution < -0.4 is 9.47 Å². The second-order valence-corrected chi connectivity index (χ2v) is 9.14. The Hall–Kier alpha value is -3.59. The van der Waals surface area contributed by atoms with Gasteiger partial charge in [-0.15, -0.1) is 0 Å². The largest absolute Gasteiger partial charge is 0.455 e. The van der Waals surface area contributed by atoms with Gasteiger partial charge in [0.05, 0.1) is 9.79 Å². The van der Waals surface area contributed by atoms with Crippen LogP contribution in [-0.2, 0) is 28.9 Å². The Morgan fingerprint density at radius 2 is 1.00 bits per heavy atom. The third kappa shape index (κ3) is 7.21. The number of rotatable bonds is 10. The van der Waals surface area contributed by atoms with Gasteiger partial charge >= 0.3 is 11.9 Å². The summed E-state index contributed by atoms with van der Waals surface area (Å²) in [6.45, 7) is 13.1. The molecule has 0 heterocycles. The zero-order valence-electron chi connectivity index (χ0n) is 18.9. The van der Waals surface area contributed by atoms with E-state index < -0.39 is 34.4 Å². The van der Waals surface area contributed by atoms with Crippen molar-refractivity contribution in [3.8, 4) is 11.5 Å². The number of carbonyl (C=O) groups is 2. The number of carbonyl (C=O) groups excluding carboxylic acids is 2. The highest BCUT2D eigenvalue weighted by Crippen LogP contribution is 2.26. The number of sulfone groups is 1. The van der Waals surface area contributed by atoms with Crippen LogP contribution in [0.2, 0.25) is 0 Å². The number of ether oxygens (including phenoxy) is 4. The molecule has 0 fully saturated rings. The van der Waals surface area contributed by atoms with Crippen LogP contribution in [0.4, 0.5) is 0 Å². The number of esters is 2. The van der Waals surface area contributed by atoms with E-state index in [0.717, 1.165) is 0 Å². The van der Waals surface area contributed by atoms with Gasteiger partial charge in [0, 0.05) is 25.0 Å². The Labute approximate surface area is 193 Å². The minimum absolute atomic E-state index is 0.0545. The molecule has 0 spiro atoms. The van der Waals surface area contributed by atoms with E-state index in [-0.39, 0.29) is 20.9 Å². The third-order valence-electron chi connectivity index (χ3n) is 4.12. The summed E-state index contributed by atoms with van der Waals surface area (Å²) in [6, 6.07) is 11.4.